The van der Waals surface area contributed by atoms with Crippen molar-refractivity contribution in [3.8, 4) is 0 Å². The SMILES string of the molecule is C=C/C=C(\C=C/C)n1c(/C=C\C)c(C)/c(=C/C=C\C)c1=C. The van der Waals surface area contributed by atoms with Crippen molar-refractivity contribution in [2.24, 2.45) is 0 Å². The van der Waals surface area contributed by atoms with Gasteiger partial charge in [0.15, 0.2) is 0 Å². The van der Waals surface area contributed by atoms with E-state index in [0.29, 0.717) is 0 Å². The smallest absolute Gasteiger partial charge is 0.0494 e. The molecule has 0 saturated carbocycles. The minimum absolute atomic E-state index is 0.991. The summed E-state index contributed by atoms with van der Waals surface area (Å²) < 4.78 is 2.17. The second kappa shape index (κ2) is 8.11. The van der Waals surface area contributed by atoms with Gasteiger partial charge in [-0.1, -0.05) is 49.6 Å². The molecule has 0 aromatic carbocycles. The van der Waals surface area contributed by atoms with E-state index in [1.54, 1.807) is 6.08 Å². The number of aromatic nitrogens is 1. The highest BCUT2D eigenvalue weighted by Crippen LogP contribution is 2.13. The van der Waals surface area contributed by atoms with E-state index >= 15 is 0 Å². The van der Waals surface area contributed by atoms with Crippen molar-refractivity contribution in [1.82, 2.24) is 4.57 Å². The molecule has 0 N–H and O–H groups in total. The summed E-state index contributed by atoms with van der Waals surface area (Å²) in [5.74, 6) is 0. The third-order valence-corrected chi connectivity index (χ3v) is 3.27. The van der Waals surface area contributed by atoms with Crippen molar-refractivity contribution in [3.05, 3.63) is 70.9 Å². The van der Waals surface area contributed by atoms with Crippen LogP contribution in [0.2, 0.25) is 0 Å². The molecule has 0 amide bonds. The molecule has 0 aliphatic heterocycles. The predicted octanol–water partition coefficient (Wildman–Crippen LogP) is 4.20. The van der Waals surface area contributed by atoms with Gasteiger partial charge in [-0.25, -0.2) is 0 Å². The maximum Gasteiger partial charge on any atom is 0.0494 e. The summed E-state index contributed by atoms with van der Waals surface area (Å²) in [7, 11) is 0. The molecule has 1 heterocycles. The van der Waals surface area contributed by atoms with Gasteiger partial charge < -0.3 is 4.57 Å². The topological polar surface area (TPSA) is 4.93 Å². The highest BCUT2D eigenvalue weighted by Gasteiger charge is 2.09. The molecule has 0 unspecified atom stereocenters. The Morgan fingerprint density at radius 3 is 2.33 bits per heavy atom. The highest BCUT2D eigenvalue weighted by atomic mass is 15.0. The van der Waals surface area contributed by atoms with E-state index in [-0.39, 0.29) is 0 Å². The van der Waals surface area contributed by atoms with Gasteiger partial charge in [-0.2, -0.15) is 0 Å². The minimum Gasteiger partial charge on any atom is -0.310 e. The third-order valence-electron chi connectivity index (χ3n) is 3.27. The fourth-order valence-corrected chi connectivity index (χ4v) is 2.35. The number of nitrogens with zero attached hydrogens (tertiary/aromatic N) is 1. The molecule has 1 rings (SSSR count). The van der Waals surface area contributed by atoms with Crippen molar-refractivity contribution in [1.29, 1.82) is 0 Å². The molecule has 0 bridgehead atoms. The second-order valence-electron chi connectivity index (χ2n) is 4.73. The van der Waals surface area contributed by atoms with Gasteiger partial charge in [0.2, 0.25) is 0 Å². The average molecular weight is 279 g/mol. The summed E-state index contributed by atoms with van der Waals surface area (Å²) in [4.78, 5) is 0. The van der Waals surface area contributed by atoms with Gasteiger partial charge in [-0.3, -0.25) is 0 Å². The highest BCUT2D eigenvalue weighted by molar-refractivity contribution is 5.67. The van der Waals surface area contributed by atoms with E-state index in [9.17, 15) is 0 Å². The first-order valence-corrected chi connectivity index (χ1v) is 7.24. The van der Waals surface area contributed by atoms with Gasteiger partial charge >= 0.3 is 0 Å². The van der Waals surface area contributed by atoms with Crippen LogP contribution in [0.3, 0.4) is 0 Å². The van der Waals surface area contributed by atoms with Gasteiger partial charge in [0.05, 0.1) is 0 Å². The molecule has 0 radical (unpaired) electrons. The maximum atomic E-state index is 4.28. The van der Waals surface area contributed by atoms with Gasteiger partial charge in [0, 0.05) is 22.0 Å². The molecule has 110 valence electrons. The third kappa shape index (κ3) is 3.63. The van der Waals surface area contributed by atoms with Crippen molar-refractivity contribution in [2.75, 3.05) is 0 Å². The Bertz CT molecular complexity index is 719. The Labute approximate surface area is 128 Å². The molecule has 21 heavy (non-hydrogen) atoms. The average Bonchev–Trinajstić information content (AvgIpc) is 2.69. The Morgan fingerprint density at radius 2 is 1.81 bits per heavy atom. The zero-order valence-corrected chi connectivity index (χ0v) is 13.6. The lowest BCUT2D eigenvalue weighted by atomic mass is 10.2. The lowest BCUT2D eigenvalue weighted by Crippen LogP contribution is -2.27. The van der Waals surface area contributed by atoms with Gasteiger partial charge in [0.25, 0.3) is 0 Å². The Balaban J connectivity index is 3.84. The van der Waals surface area contributed by atoms with E-state index in [1.165, 1.54) is 10.8 Å². The summed E-state index contributed by atoms with van der Waals surface area (Å²) in [5, 5.41) is 2.16. The first-order chi connectivity index (χ1) is 10.1. The van der Waals surface area contributed by atoms with Crippen molar-refractivity contribution in [3.63, 3.8) is 0 Å². The molecular formula is C20H25N. The molecule has 1 aromatic heterocycles. The van der Waals surface area contributed by atoms with Gasteiger partial charge in [0.1, 0.15) is 0 Å². The molecule has 0 aliphatic carbocycles. The monoisotopic (exact) mass is 279 g/mol. The lowest BCUT2D eigenvalue weighted by Gasteiger charge is -2.08. The summed E-state index contributed by atoms with van der Waals surface area (Å²) in [6, 6.07) is 0. The van der Waals surface area contributed by atoms with Crippen LogP contribution in [-0.4, -0.2) is 4.57 Å². The van der Waals surface area contributed by atoms with E-state index in [4.69, 9.17) is 0 Å². The molecule has 0 aliphatic rings. The van der Waals surface area contributed by atoms with E-state index < -0.39 is 0 Å². The van der Waals surface area contributed by atoms with Crippen LogP contribution < -0.4 is 10.6 Å². The van der Waals surface area contributed by atoms with Crippen molar-refractivity contribution in [2.45, 2.75) is 27.7 Å². The summed E-state index contributed by atoms with van der Waals surface area (Å²) in [6.07, 6.45) is 18.3. The van der Waals surface area contributed by atoms with Crippen LogP contribution in [0.4, 0.5) is 0 Å². The van der Waals surface area contributed by atoms with E-state index in [0.717, 1.165) is 16.7 Å². The molecule has 0 spiro atoms. The van der Waals surface area contributed by atoms with Crippen LogP contribution in [-0.2, 0) is 0 Å². The van der Waals surface area contributed by atoms with Crippen molar-refractivity contribution >= 4 is 24.4 Å². The Kier molecular flexibility index (Phi) is 6.48. The number of rotatable bonds is 5. The molecule has 1 nitrogen and oxygen atoms in total. The number of allylic oxidation sites excluding steroid dienone is 8. The van der Waals surface area contributed by atoms with Crippen molar-refractivity contribution < 1.29 is 0 Å². The predicted molar refractivity (Wildman–Crippen MR) is 97.2 cm³/mol. The number of hydrogen-bond donors (Lipinski definition) is 0. The van der Waals surface area contributed by atoms with Crippen LogP contribution in [0.15, 0.2) is 49.1 Å². The Hall–Kier alpha value is -2.28. The normalized spacial score (nSPS) is 14.1. The zero-order valence-electron chi connectivity index (χ0n) is 13.6. The van der Waals surface area contributed by atoms with Crippen LogP contribution in [0, 0.1) is 6.92 Å². The van der Waals surface area contributed by atoms with Crippen LogP contribution in [0.25, 0.3) is 24.4 Å². The molecular weight excluding hydrogens is 254 g/mol. The Morgan fingerprint density at radius 1 is 1.10 bits per heavy atom. The maximum absolute atomic E-state index is 4.28. The fourth-order valence-electron chi connectivity index (χ4n) is 2.35. The summed E-state index contributed by atoms with van der Waals surface area (Å²) >= 11 is 0. The first kappa shape index (κ1) is 16.8. The van der Waals surface area contributed by atoms with Crippen LogP contribution in [0.5, 0.6) is 0 Å². The van der Waals surface area contributed by atoms with Crippen LogP contribution in [0.1, 0.15) is 32.0 Å². The summed E-state index contributed by atoms with van der Waals surface area (Å²) in [5.41, 5.74) is 3.45. The van der Waals surface area contributed by atoms with Gasteiger partial charge in [-0.15, -0.1) is 0 Å². The lowest BCUT2D eigenvalue weighted by molar-refractivity contribution is 1.05. The zero-order chi connectivity index (χ0) is 15.8. The van der Waals surface area contributed by atoms with E-state index in [2.05, 4.69) is 49.0 Å². The van der Waals surface area contributed by atoms with Crippen LogP contribution >= 0.6 is 0 Å². The standard InChI is InChI=1S/C20H25N/c1-7-11-15-19-16(5)20(14-10-4)21(17(19)6)18(12-8-2)13-9-3/h7-15H,2,6H2,1,3-5H3/b11-7-,13-9-,14-10-,18-12+,19-15-. The molecule has 1 aromatic rings. The first-order valence-electron chi connectivity index (χ1n) is 7.24. The fraction of sp³-hybridized carbons (Fsp3) is 0.200. The van der Waals surface area contributed by atoms with Gasteiger partial charge in [-0.05, 0) is 51.5 Å². The minimum atomic E-state index is 0.991. The molecule has 0 atom stereocenters. The second-order valence-corrected chi connectivity index (χ2v) is 4.73. The quantitative estimate of drug-likeness (QED) is 0.712. The number of hydrogen-bond acceptors (Lipinski definition) is 0. The molecule has 0 saturated heterocycles. The molecule has 0 fully saturated rings. The van der Waals surface area contributed by atoms with E-state index in [1.807, 2.05) is 45.1 Å². The summed E-state index contributed by atoms with van der Waals surface area (Å²) in [6.45, 7) is 16.3. The molecule has 1 heteroatoms. The largest absolute Gasteiger partial charge is 0.310 e.